The van der Waals surface area contributed by atoms with Gasteiger partial charge in [0.1, 0.15) is 5.65 Å². The van der Waals surface area contributed by atoms with Crippen molar-refractivity contribution in [1.29, 1.82) is 0 Å². The number of aromatic nitrogens is 3. The van der Waals surface area contributed by atoms with Crippen LogP contribution in [0.2, 0.25) is 0 Å². The van der Waals surface area contributed by atoms with Crippen LogP contribution < -0.4 is 5.32 Å². The third-order valence-corrected chi connectivity index (χ3v) is 4.71. The lowest BCUT2D eigenvalue weighted by molar-refractivity contribution is -0.116. The molecule has 0 unspecified atom stereocenters. The largest absolute Gasteiger partial charge is 0.347 e. The molecule has 3 aromatic heterocycles. The van der Waals surface area contributed by atoms with E-state index < -0.39 is 0 Å². The monoisotopic (exact) mass is 382 g/mol. The number of imidazole rings is 1. The standard InChI is InChI=1S/C24H22N4O/c1-17-6-8-19(9-7-17)24-21(28-14-12-18(2)15-22(28)27-24)10-11-23(29)26-16-20-5-3-4-13-25-20/h3-15H,16H2,1-2H3,(H,26,29)/b11-10+. The number of carbonyl (C=O) groups is 1. The number of amides is 1. The first-order chi connectivity index (χ1) is 14.1. The van der Waals surface area contributed by atoms with Gasteiger partial charge in [0.15, 0.2) is 0 Å². The molecule has 0 spiro atoms. The number of hydrogen-bond donors (Lipinski definition) is 1. The van der Waals surface area contributed by atoms with Gasteiger partial charge >= 0.3 is 0 Å². The summed E-state index contributed by atoms with van der Waals surface area (Å²) in [5, 5.41) is 2.87. The highest BCUT2D eigenvalue weighted by molar-refractivity contribution is 5.92. The Hall–Kier alpha value is -3.73. The molecule has 1 aromatic carbocycles. The maximum absolute atomic E-state index is 12.3. The molecule has 4 rings (SSSR count). The van der Waals surface area contributed by atoms with E-state index in [1.54, 1.807) is 12.3 Å². The SMILES string of the molecule is Cc1ccc(-c2nc3cc(C)ccn3c2/C=C/C(=O)NCc2ccccn2)cc1. The average molecular weight is 382 g/mol. The molecule has 0 atom stereocenters. The van der Waals surface area contributed by atoms with Crippen molar-refractivity contribution in [2.24, 2.45) is 0 Å². The Morgan fingerprint density at radius 1 is 1.07 bits per heavy atom. The van der Waals surface area contributed by atoms with Crippen LogP contribution >= 0.6 is 0 Å². The number of nitrogens with zero attached hydrogens (tertiary/aromatic N) is 3. The van der Waals surface area contributed by atoms with Crippen molar-refractivity contribution in [3.63, 3.8) is 0 Å². The summed E-state index contributed by atoms with van der Waals surface area (Å²) >= 11 is 0. The second-order valence-corrected chi connectivity index (χ2v) is 7.02. The number of fused-ring (bicyclic) bond motifs is 1. The molecular formula is C24H22N4O. The molecule has 0 radical (unpaired) electrons. The highest BCUT2D eigenvalue weighted by Gasteiger charge is 2.12. The summed E-state index contributed by atoms with van der Waals surface area (Å²) < 4.78 is 2.00. The third-order valence-electron chi connectivity index (χ3n) is 4.71. The zero-order valence-electron chi connectivity index (χ0n) is 16.5. The summed E-state index contributed by atoms with van der Waals surface area (Å²) in [5.41, 5.74) is 6.75. The molecule has 3 heterocycles. The summed E-state index contributed by atoms with van der Waals surface area (Å²) in [6.45, 7) is 4.49. The van der Waals surface area contributed by atoms with E-state index in [1.165, 1.54) is 5.56 Å². The van der Waals surface area contributed by atoms with Gasteiger partial charge in [0, 0.05) is 24.0 Å². The molecule has 4 aromatic rings. The van der Waals surface area contributed by atoms with Crippen LogP contribution in [0.15, 0.2) is 73.1 Å². The average Bonchev–Trinajstić information content (AvgIpc) is 3.09. The second-order valence-electron chi connectivity index (χ2n) is 7.02. The Labute approximate surface area is 169 Å². The van der Waals surface area contributed by atoms with Crippen molar-refractivity contribution >= 4 is 17.6 Å². The lowest BCUT2D eigenvalue weighted by Crippen LogP contribution is -2.20. The molecule has 0 bridgehead atoms. The van der Waals surface area contributed by atoms with Crippen molar-refractivity contribution in [2.45, 2.75) is 20.4 Å². The molecule has 0 aliphatic carbocycles. The van der Waals surface area contributed by atoms with Crippen LogP contribution in [0, 0.1) is 13.8 Å². The van der Waals surface area contributed by atoms with Crippen molar-refractivity contribution < 1.29 is 4.79 Å². The molecule has 0 fully saturated rings. The number of nitrogens with one attached hydrogen (secondary N) is 1. The fourth-order valence-corrected chi connectivity index (χ4v) is 3.14. The Morgan fingerprint density at radius 3 is 2.66 bits per heavy atom. The molecule has 0 saturated heterocycles. The molecule has 0 aliphatic heterocycles. The van der Waals surface area contributed by atoms with Crippen LogP contribution in [0.1, 0.15) is 22.5 Å². The van der Waals surface area contributed by atoms with Crippen LogP contribution in [-0.4, -0.2) is 20.3 Å². The summed E-state index contributed by atoms with van der Waals surface area (Å²) in [4.78, 5) is 21.4. The van der Waals surface area contributed by atoms with Crippen LogP contribution in [0.5, 0.6) is 0 Å². The Morgan fingerprint density at radius 2 is 1.90 bits per heavy atom. The quantitative estimate of drug-likeness (QED) is 0.522. The Balaban J connectivity index is 1.64. The van der Waals surface area contributed by atoms with E-state index >= 15 is 0 Å². The van der Waals surface area contributed by atoms with Crippen LogP contribution in [0.3, 0.4) is 0 Å². The molecule has 144 valence electrons. The number of benzene rings is 1. The molecule has 1 N–H and O–H groups in total. The lowest BCUT2D eigenvalue weighted by Gasteiger charge is -2.03. The third kappa shape index (κ3) is 4.24. The van der Waals surface area contributed by atoms with E-state index in [4.69, 9.17) is 4.98 Å². The van der Waals surface area contributed by atoms with E-state index in [0.717, 1.165) is 33.9 Å². The predicted molar refractivity (Wildman–Crippen MR) is 115 cm³/mol. The maximum Gasteiger partial charge on any atom is 0.244 e. The molecular weight excluding hydrogens is 360 g/mol. The number of rotatable bonds is 5. The minimum Gasteiger partial charge on any atom is -0.347 e. The molecule has 1 amide bonds. The second kappa shape index (κ2) is 8.10. The van der Waals surface area contributed by atoms with Crippen molar-refractivity contribution in [1.82, 2.24) is 19.7 Å². The first-order valence-corrected chi connectivity index (χ1v) is 9.52. The van der Waals surface area contributed by atoms with Crippen molar-refractivity contribution in [3.05, 3.63) is 95.6 Å². The highest BCUT2D eigenvalue weighted by atomic mass is 16.1. The fourth-order valence-electron chi connectivity index (χ4n) is 3.14. The van der Waals surface area contributed by atoms with Gasteiger partial charge in [-0.2, -0.15) is 0 Å². The van der Waals surface area contributed by atoms with Gasteiger partial charge in [0.25, 0.3) is 0 Å². The minimum atomic E-state index is -0.174. The topological polar surface area (TPSA) is 59.3 Å². The molecule has 0 aliphatic rings. The summed E-state index contributed by atoms with van der Waals surface area (Å²) in [6.07, 6.45) is 7.06. The van der Waals surface area contributed by atoms with Crippen molar-refractivity contribution in [3.8, 4) is 11.3 Å². The van der Waals surface area contributed by atoms with Gasteiger partial charge in [-0.3, -0.25) is 14.2 Å². The van der Waals surface area contributed by atoms with Gasteiger partial charge in [-0.1, -0.05) is 35.9 Å². The summed E-state index contributed by atoms with van der Waals surface area (Å²) in [6, 6.07) is 18.0. The van der Waals surface area contributed by atoms with E-state index in [1.807, 2.05) is 53.9 Å². The van der Waals surface area contributed by atoms with Gasteiger partial charge in [-0.05, 0) is 49.8 Å². The fraction of sp³-hybridized carbons (Fsp3) is 0.125. The van der Waals surface area contributed by atoms with Gasteiger partial charge in [-0.15, -0.1) is 0 Å². The number of pyridine rings is 2. The van der Waals surface area contributed by atoms with Gasteiger partial charge in [0.05, 0.1) is 23.6 Å². The first-order valence-electron chi connectivity index (χ1n) is 9.52. The summed E-state index contributed by atoms with van der Waals surface area (Å²) in [7, 11) is 0. The Bertz CT molecular complexity index is 1170. The Kier molecular flexibility index (Phi) is 5.20. The number of hydrogen-bond acceptors (Lipinski definition) is 3. The number of carbonyl (C=O) groups excluding carboxylic acids is 1. The summed E-state index contributed by atoms with van der Waals surface area (Å²) in [5.74, 6) is -0.174. The highest BCUT2D eigenvalue weighted by Crippen LogP contribution is 2.26. The zero-order valence-corrected chi connectivity index (χ0v) is 16.5. The molecule has 29 heavy (non-hydrogen) atoms. The van der Waals surface area contributed by atoms with E-state index in [0.29, 0.717) is 6.54 Å². The van der Waals surface area contributed by atoms with Crippen molar-refractivity contribution in [2.75, 3.05) is 0 Å². The van der Waals surface area contributed by atoms with Crippen LogP contribution in [0.25, 0.3) is 23.0 Å². The normalized spacial score (nSPS) is 11.2. The zero-order chi connectivity index (χ0) is 20.2. The predicted octanol–water partition coefficient (Wildman–Crippen LogP) is 4.34. The molecule has 5 heteroatoms. The van der Waals surface area contributed by atoms with Gasteiger partial charge in [0.2, 0.25) is 5.91 Å². The van der Waals surface area contributed by atoms with Crippen LogP contribution in [0.4, 0.5) is 0 Å². The van der Waals surface area contributed by atoms with E-state index in [-0.39, 0.29) is 5.91 Å². The van der Waals surface area contributed by atoms with E-state index in [9.17, 15) is 4.79 Å². The molecule has 5 nitrogen and oxygen atoms in total. The minimum absolute atomic E-state index is 0.174. The van der Waals surface area contributed by atoms with Crippen LogP contribution in [-0.2, 0) is 11.3 Å². The smallest absolute Gasteiger partial charge is 0.244 e. The van der Waals surface area contributed by atoms with Gasteiger partial charge < -0.3 is 5.32 Å². The van der Waals surface area contributed by atoms with Gasteiger partial charge in [-0.25, -0.2) is 4.98 Å². The molecule has 0 saturated carbocycles. The number of aryl methyl sites for hydroxylation is 2. The maximum atomic E-state index is 12.3. The first kappa shape index (κ1) is 18.6. The van der Waals surface area contributed by atoms with E-state index in [2.05, 4.69) is 41.5 Å². The lowest BCUT2D eigenvalue weighted by atomic mass is 10.1.